The van der Waals surface area contributed by atoms with Gasteiger partial charge < -0.3 is 10.6 Å². The summed E-state index contributed by atoms with van der Waals surface area (Å²) in [6, 6.07) is 17.2. The molecule has 0 radical (unpaired) electrons. The number of hydrogen-bond donors (Lipinski definition) is 2. The van der Waals surface area contributed by atoms with Crippen molar-refractivity contribution in [3.05, 3.63) is 60.2 Å². The first-order valence-corrected chi connectivity index (χ1v) is 11.0. The Hall–Kier alpha value is -2.82. The second kappa shape index (κ2) is 12.7. The Bertz CT molecular complexity index is 792. The molecule has 0 aromatic heterocycles. The van der Waals surface area contributed by atoms with Gasteiger partial charge in [-0.05, 0) is 56.0 Å². The molecule has 0 heterocycles. The van der Waals surface area contributed by atoms with Gasteiger partial charge in [-0.1, -0.05) is 57.0 Å². The molecular weight excluding hydrogens is 374 g/mol. The largest absolute Gasteiger partial charge is 0.356 e. The highest BCUT2D eigenvalue weighted by Crippen LogP contribution is 2.17. The summed E-state index contributed by atoms with van der Waals surface area (Å²) in [6.45, 7) is 7.28. The first-order valence-electron chi connectivity index (χ1n) is 11.0. The van der Waals surface area contributed by atoms with Gasteiger partial charge in [0.25, 0.3) is 0 Å². The number of amides is 3. The van der Waals surface area contributed by atoms with Crippen molar-refractivity contribution in [2.24, 2.45) is 5.92 Å². The molecule has 5 heteroatoms. The van der Waals surface area contributed by atoms with Crippen LogP contribution in [-0.4, -0.2) is 25.0 Å². The number of nitrogens with zero attached hydrogens (tertiary/aromatic N) is 1. The molecule has 2 N–H and O–H groups in total. The molecule has 1 unspecified atom stereocenters. The van der Waals surface area contributed by atoms with Crippen LogP contribution < -0.4 is 15.5 Å². The number of aryl methyl sites for hydroxylation is 1. The van der Waals surface area contributed by atoms with Gasteiger partial charge in [-0.25, -0.2) is 4.79 Å². The van der Waals surface area contributed by atoms with Crippen molar-refractivity contribution in [2.75, 3.05) is 23.3 Å². The van der Waals surface area contributed by atoms with E-state index in [4.69, 9.17) is 0 Å². The summed E-state index contributed by atoms with van der Waals surface area (Å²) >= 11 is 0. The van der Waals surface area contributed by atoms with E-state index in [0.717, 1.165) is 42.6 Å². The van der Waals surface area contributed by atoms with Gasteiger partial charge in [0.15, 0.2) is 0 Å². The van der Waals surface area contributed by atoms with Crippen LogP contribution in [0.2, 0.25) is 0 Å². The van der Waals surface area contributed by atoms with E-state index in [-0.39, 0.29) is 17.9 Å². The zero-order valence-electron chi connectivity index (χ0n) is 18.5. The molecule has 3 amide bonds. The average Bonchev–Trinajstić information content (AvgIpc) is 2.74. The van der Waals surface area contributed by atoms with Crippen LogP contribution in [0.3, 0.4) is 0 Å². The van der Waals surface area contributed by atoms with Crippen LogP contribution in [0.1, 0.15) is 51.5 Å². The van der Waals surface area contributed by atoms with Crippen molar-refractivity contribution in [3.63, 3.8) is 0 Å². The van der Waals surface area contributed by atoms with Crippen LogP contribution in [-0.2, 0) is 4.79 Å². The van der Waals surface area contributed by atoms with Gasteiger partial charge in [0.1, 0.15) is 0 Å². The molecule has 0 bridgehead atoms. The molecule has 0 aliphatic carbocycles. The highest BCUT2D eigenvalue weighted by atomic mass is 16.2. The number of unbranched alkanes of at least 4 members (excludes halogenated alkanes) is 1. The zero-order chi connectivity index (χ0) is 21.8. The molecule has 0 saturated carbocycles. The van der Waals surface area contributed by atoms with Gasteiger partial charge in [-0.2, -0.15) is 0 Å². The van der Waals surface area contributed by atoms with E-state index in [1.165, 1.54) is 0 Å². The molecule has 0 spiro atoms. The summed E-state index contributed by atoms with van der Waals surface area (Å²) in [5.74, 6) is 0.209. The summed E-state index contributed by atoms with van der Waals surface area (Å²) in [5.41, 5.74) is 2.70. The Labute approximate surface area is 180 Å². The van der Waals surface area contributed by atoms with E-state index >= 15 is 0 Å². The number of para-hydroxylation sites is 1. The fourth-order valence-electron chi connectivity index (χ4n) is 3.43. The maximum Gasteiger partial charge on any atom is 0.326 e. The summed E-state index contributed by atoms with van der Waals surface area (Å²) in [5, 5.41) is 6.03. The second-order valence-corrected chi connectivity index (χ2v) is 7.68. The lowest BCUT2D eigenvalue weighted by Crippen LogP contribution is -2.38. The van der Waals surface area contributed by atoms with E-state index in [2.05, 4.69) is 24.5 Å². The third-order valence-corrected chi connectivity index (χ3v) is 5.21. The van der Waals surface area contributed by atoms with E-state index in [1.54, 1.807) is 4.90 Å². The minimum Gasteiger partial charge on any atom is -0.356 e. The molecule has 30 heavy (non-hydrogen) atoms. The second-order valence-electron chi connectivity index (χ2n) is 7.68. The van der Waals surface area contributed by atoms with Crippen LogP contribution in [0.5, 0.6) is 0 Å². The van der Waals surface area contributed by atoms with Crippen molar-refractivity contribution < 1.29 is 9.59 Å². The summed E-state index contributed by atoms with van der Waals surface area (Å²) in [7, 11) is 0. The maximum absolute atomic E-state index is 13.0. The molecule has 0 fully saturated rings. The molecule has 0 aliphatic rings. The van der Waals surface area contributed by atoms with E-state index in [0.29, 0.717) is 19.5 Å². The Morgan fingerprint density at radius 2 is 1.77 bits per heavy atom. The maximum atomic E-state index is 13.0. The smallest absolute Gasteiger partial charge is 0.326 e. The molecule has 0 aliphatic heterocycles. The lowest BCUT2D eigenvalue weighted by molar-refractivity contribution is -0.125. The Kier molecular flexibility index (Phi) is 9.92. The molecule has 2 rings (SSSR count). The predicted octanol–water partition coefficient (Wildman–Crippen LogP) is 5.76. The van der Waals surface area contributed by atoms with Crippen LogP contribution in [0.25, 0.3) is 0 Å². The lowest BCUT2D eigenvalue weighted by atomic mass is 9.98. The van der Waals surface area contributed by atoms with Crippen LogP contribution in [0.15, 0.2) is 54.6 Å². The normalized spacial score (nSPS) is 11.6. The summed E-state index contributed by atoms with van der Waals surface area (Å²) in [4.78, 5) is 27.1. The van der Waals surface area contributed by atoms with Crippen LogP contribution >= 0.6 is 0 Å². The third-order valence-electron chi connectivity index (χ3n) is 5.21. The van der Waals surface area contributed by atoms with Crippen LogP contribution in [0, 0.1) is 12.8 Å². The number of nitrogens with one attached hydrogen (secondary N) is 2. The Balaban J connectivity index is 1.94. The number of benzene rings is 2. The Morgan fingerprint density at radius 3 is 2.43 bits per heavy atom. The minimum absolute atomic E-state index is 0.0831. The van der Waals surface area contributed by atoms with Crippen molar-refractivity contribution in [2.45, 2.75) is 52.9 Å². The molecule has 2 aromatic carbocycles. The Morgan fingerprint density at radius 1 is 1.00 bits per heavy atom. The standard InChI is InChI=1S/C25H35N3O2/c1-4-6-13-21(5-2)24(29)26-17-11-18-28(23-15-8-7-9-16-23)25(30)27-22-14-10-12-20(3)19-22/h7-10,12,14-16,19,21H,4-6,11,13,17-18H2,1-3H3,(H,26,29)(H,27,30). The molecular formula is C25H35N3O2. The predicted molar refractivity (Wildman–Crippen MR) is 125 cm³/mol. The van der Waals surface area contributed by atoms with Gasteiger partial charge in [0.2, 0.25) is 5.91 Å². The quantitative estimate of drug-likeness (QED) is 0.464. The minimum atomic E-state index is -0.174. The van der Waals surface area contributed by atoms with Gasteiger partial charge in [0.05, 0.1) is 0 Å². The first-order chi connectivity index (χ1) is 14.5. The first kappa shape index (κ1) is 23.5. The number of carbonyl (C=O) groups excluding carboxylic acids is 2. The van der Waals surface area contributed by atoms with Crippen molar-refractivity contribution in [1.29, 1.82) is 0 Å². The summed E-state index contributed by atoms with van der Waals surface area (Å²) < 4.78 is 0. The number of rotatable bonds is 11. The lowest BCUT2D eigenvalue weighted by Gasteiger charge is -2.24. The van der Waals surface area contributed by atoms with Gasteiger partial charge in [-0.3, -0.25) is 9.69 Å². The van der Waals surface area contributed by atoms with Crippen molar-refractivity contribution in [1.82, 2.24) is 5.32 Å². The topological polar surface area (TPSA) is 61.4 Å². The van der Waals surface area contributed by atoms with Gasteiger partial charge >= 0.3 is 6.03 Å². The monoisotopic (exact) mass is 409 g/mol. The fourth-order valence-corrected chi connectivity index (χ4v) is 3.43. The van der Waals surface area contributed by atoms with E-state index < -0.39 is 0 Å². The zero-order valence-corrected chi connectivity index (χ0v) is 18.5. The number of urea groups is 1. The highest BCUT2D eigenvalue weighted by molar-refractivity contribution is 6.01. The SMILES string of the molecule is CCCCC(CC)C(=O)NCCCN(C(=O)Nc1cccc(C)c1)c1ccccc1. The average molecular weight is 410 g/mol. The van der Waals surface area contributed by atoms with Gasteiger partial charge in [-0.15, -0.1) is 0 Å². The van der Waals surface area contributed by atoms with Crippen molar-refractivity contribution in [3.8, 4) is 0 Å². The molecule has 1 atom stereocenters. The molecule has 5 nitrogen and oxygen atoms in total. The van der Waals surface area contributed by atoms with E-state index in [1.807, 2.05) is 61.5 Å². The van der Waals surface area contributed by atoms with Crippen LogP contribution in [0.4, 0.5) is 16.2 Å². The number of hydrogen-bond acceptors (Lipinski definition) is 2. The number of anilines is 2. The molecule has 0 saturated heterocycles. The third kappa shape index (κ3) is 7.54. The molecule has 2 aromatic rings. The van der Waals surface area contributed by atoms with Crippen molar-refractivity contribution >= 4 is 23.3 Å². The summed E-state index contributed by atoms with van der Waals surface area (Å²) in [6.07, 6.45) is 4.67. The van der Waals surface area contributed by atoms with E-state index in [9.17, 15) is 9.59 Å². The molecule has 162 valence electrons. The van der Waals surface area contributed by atoms with Gasteiger partial charge in [0, 0.05) is 30.4 Å². The highest BCUT2D eigenvalue weighted by Gasteiger charge is 2.17. The number of carbonyl (C=O) groups is 2. The fraction of sp³-hybridized carbons (Fsp3) is 0.440.